The summed E-state index contributed by atoms with van der Waals surface area (Å²) in [6.07, 6.45) is 3.19. The quantitative estimate of drug-likeness (QED) is 0.308. The van der Waals surface area contributed by atoms with E-state index in [-0.39, 0.29) is 11.9 Å². The van der Waals surface area contributed by atoms with Crippen LogP contribution in [0.2, 0.25) is 5.02 Å². The summed E-state index contributed by atoms with van der Waals surface area (Å²) in [7, 11) is 7.51. The molecule has 1 aliphatic heterocycles. The fraction of sp³-hybridized carbons (Fsp3) is 0.321. The van der Waals surface area contributed by atoms with E-state index in [1.165, 1.54) is 18.5 Å². The van der Waals surface area contributed by atoms with Crippen LogP contribution in [0.25, 0.3) is 0 Å². The summed E-state index contributed by atoms with van der Waals surface area (Å²) in [5.74, 6) is 0.698. The number of hydrogen-bond acceptors (Lipinski definition) is 9. The number of hydroxylamine groups is 1. The van der Waals surface area contributed by atoms with Gasteiger partial charge in [-0.3, -0.25) is 9.63 Å². The average Bonchev–Trinajstić information content (AvgIpc) is 3.41. The van der Waals surface area contributed by atoms with E-state index in [9.17, 15) is 9.18 Å². The monoisotopic (exact) mass is 569 g/mol. The maximum absolute atomic E-state index is 14.7. The summed E-state index contributed by atoms with van der Waals surface area (Å²) in [6.45, 7) is 5.51. The van der Waals surface area contributed by atoms with Crippen LogP contribution in [0, 0.1) is 5.82 Å². The van der Waals surface area contributed by atoms with Crippen LogP contribution in [-0.2, 0) is 9.63 Å². The van der Waals surface area contributed by atoms with Crippen molar-refractivity contribution in [1.82, 2.24) is 14.9 Å². The minimum absolute atomic E-state index is 0.327. The maximum Gasteiger partial charge on any atom is 0.247 e. The Labute approximate surface area is 238 Å². The topological polar surface area (TPSA) is 95.1 Å². The van der Waals surface area contributed by atoms with Gasteiger partial charge in [0.1, 0.15) is 23.7 Å². The fourth-order valence-electron chi connectivity index (χ4n) is 4.33. The molecule has 1 aliphatic rings. The second kappa shape index (κ2) is 12.9. The van der Waals surface area contributed by atoms with E-state index in [2.05, 4.69) is 32.1 Å². The van der Waals surface area contributed by atoms with Crippen molar-refractivity contribution >= 4 is 46.2 Å². The zero-order valence-electron chi connectivity index (χ0n) is 22.9. The van der Waals surface area contributed by atoms with Crippen LogP contribution < -0.4 is 25.3 Å². The molecule has 1 fully saturated rings. The lowest BCUT2D eigenvalue weighted by atomic mass is 10.0. The number of anilines is 5. The first-order chi connectivity index (χ1) is 19.2. The van der Waals surface area contributed by atoms with Crippen LogP contribution in [0.4, 0.5) is 33.1 Å². The first-order valence-electron chi connectivity index (χ1n) is 12.7. The van der Waals surface area contributed by atoms with Gasteiger partial charge in [0.2, 0.25) is 5.91 Å². The molecule has 0 unspecified atom stereocenters. The lowest BCUT2D eigenvalue weighted by molar-refractivity contribution is -0.111. The van der Waals surface area contributed by atoms with Gasteiger partial charge in [-0.05, 0) is 38.4 Å². The molecule has 2 N–H and O–H groups in total. The van der Waals surface area contributed by atoms with Crippen molar-refractivity contribution in [3.8, 4) is 5.75 Å². The van der Waals surface area contributed by atoms with Crippen LogP contribution in [0.15, 0.2) is 55.4 Å². The molecule has 10 nitrogen and oxygen atoms in total. The van der Waals surface area contributed by atoms with Crippen LogP contribution in [-0.4, -0.2) is 68.7 Å². The number of amides is 1. The van der Waals surface area contributed by atoms with E-state index >= 15 is 0 Å². The lowest BCUT2D eigenvalue weighted by Crippen LogP contribution is -2.29. The number of rotatable bonds is 11. The van der Waals surface area contributed by atoms with Gasteiger partial charge in [0.05, 0.1) is 36.8 Å². The van der Waals surface area contributed by atoms with Gasteiger partial charge in [0, 0.05) is 49.3 Å². The maximum atomic E-state index is 14.7. The van der Waals surface area contributed by atoms with Crippen molar-refractivity contribution in [3.05, 3.63) is 71.8 Å². The highest BCUT2D eigenvalue weighted by Gasteiger charge is 2.31. The number of hydrogen-bond donors (Lipinski definition) is 2. The van der Waals surface area contributed by atoms with E-state index in [4.69, 9.17) is 21.2 Å². The van der Waals surface area contributed by atoms with Gasteiger partial charge in [-0.15, -0.1) is 0 Å². The second-order valence-electron chi connectivity index (χ2n) is 9.50. The minimum atomic E-state index is -0.408. The molecule has 0 bridgehead atoms. The Morgan fingerprint density at radius 3 is 2.73 bits per heavy atom. The predicted octanol–water partition coefficient (Wildman–Crippen LogP) is 5.03. The first kappa shape index (κ1) is 29.1. The SMILES string of the molecule is C=CC(=O)Nc1cc(Nc2cc(N3OCC[C@@H]3c3ccc(Cl)cc3F)ncn2)c(OC)cc1N(C)CCN(C)C. The molecule has 4 rings (SSSR count). The number of ether oxygens (including phenoxy) is 1. The third-order valence-corrected chi connectivity index (χ3v) is 6.66. The number of carbonyl (C=O) groups is 1. The normalized spacial score (nSPS) is 14.8. The van der Waals surface area contributed by atoms with Crippen LogP contribution in [0.3, 0.4) is 0 Å². The van der Waals surface area contributed by atoms with E-state index in [1.54, 1.807) is 36.4 Å². The molecule has 1 amide bonds. The first-order valence-corrected chi connectivity index (χ1v) is 13.1. The number of benzene rings is 2. The van der Waals surface area contributed by atoms with Gasteiger partial charge in [-0.2, -0.15) is 0 Å². The van der Waals surface area contributed by atoms with Gasteiger partial charge in [-0.25, -0.2) is 19.4 Å². The fourth-order valence-corrected chi connectivity index (χ4v) is 4.49. The van der Waals surface area contributed by atoms with Crippen LogP contribution in [0.1, 0.15) is 18.0 Å². The van der Waals surface area contributed by atoms with E-state index < -0.39 is 5.82 Å². The zero-order chi connectivity index (χ0) is 28.8. The molecule has 0 spiro atoms. The third-order valence-electron chi connectivity index (χ3n) is 6.42. The van der Waals surface area contributed by atoms with Crippen molar-refractivity contribution < 1.29 is 18.8 Å². The Hall–Kier alpha value is -3.93. The molecule has 1 aromatic heterocycles. The highest BCUT2D eigenvalue weighted by molar-refractivity contribution is 6.30. The molecule has 0 aliphatic carbocycles. The summed E-state index contributed by atoms with van der Waals surface area (Å²) >= 11 is 5.95. The predicted molar refractivity (Wildman–Crippen MR) is 156 cm³/mol. The number of carbonyl (C=O) groups excluding carboxylic acids is 1. The minimum Gasteiger partial charge on any atom is -0.494 e. The lowest BCUT2D eigenvalue weighted by Gasteiger charge is -2.26. The highest BCUT2D eigenvalue weighted by Crippen LogP contribution is 2.39. The Kier molecular flexibility index (Phi) is 9.41. The Morgan fingerprint density at radius 2 is 2.02 bits per heavy atom. The molecule has 0 saturated carbocycles. The molecular formula is C28H33ClFN7O3. The highest BCUT2D eigenvalue weighted by atomic mass is 35.5. The molecule has 1 saturated heterocycles. The van der Waals surface area contributed by atoms with Gasteiger partial charge in [0.25, 0.3) is 0 Å². The van der Waals surface area contributed by atoms with Crippen molar-refractivity contribution in [1.29, 1.82) is 0 Å². The van der Waals surface area contributed by atoms with Gasteiger partial charge >= 0.3 is 0 Å². The molecule has 3 aromatic rings. The van der Waals surface area contributed by atoms with Crippen molar-refractivity contribution in [2.75, 3.05) is 68.5 Å². The summed E-state index contributed by atoms with van der Waals surface area (Å²) in [4.78, 5) is 30.9. The van der Waals surface area contributed by atoms with Gasteiger partial charge in [0.15, 0.2) is 5.82 Å². The largest absolute Gasteiger partial charge is 0.494 e. The number of nitrogens with one attached hydrogen (secondary N) is 2. The molecule has 12 heteroatoms. The van der Waals surface area contributed by atoms with Crippen molar-refractivity contribution in [3.63, 3.8) is 0 Å². The van der Waals surface area contributed by atoms with Gasteiger partial charge < -0.3 is 25.2 Å². The summed E-state index contributed by atoms with van der Waals surface area (Å²) in [5, 5.41) is 8.04. The standard InChI is InChI=1S/C28H33ClFN7O3/c1-6-28(38)34-21-14-22(25(39-5)15-24(21)36(4)11-10-35(2)3)33-26-16-27(32-17-31-26)37-23(9-12-40-37)19-8-7-18(29)13-20(19)30/h6-8,13-17,23H,1,9-12H2,2-5H3,(H,34,38)(H,31,32,33)/t23-/m1/s1. The molecule has 40 heavy (non-hydrogen) atoms. The van der Waals surface area contributed by atoms with Crippen molar-refractivity contribution in [2.45, 2.75) is 12.5 Å². The molecule has 0 radical (unpaired) electrons. The van der Waals surface area contributed by atoms with Crippen LogP contribution in [0.5, 0.6) is 5.75 Å². The number of nitrogens with zero attached hydrogens (tertiary/aromatic N) is 5. The number of methoxy groups -OCH3 is 1. The summed E-state index contributed by atoms with van der Waals surface area (Å²) in [5.41, 5.74) is 2.39. The average molecular weight is 570 g/mol. The molecule has 2 aromatic carbocycles. The van der Waals surface area contributed by atoms with Gasteiger partial charge in [-0.1, -0.05) is 24.2 Å². The van der Waals surface area contributed by atoms with Crippen LogP contribution >= 0.6 is 11.6 Å². The summed E-state index contributed by atoms with van der Waals surface area (Å²) < 4.78 is 20.4. The Bertz CT molecular complexity index is 1370. The smallest absolute Gasteiger partial charge is 0.247 e. The second-order valence-corrected chi connectivity index (χ2v) is 9.94. The van der Waals surface area contributed by atoms with Crippen molar-refractivity contribution in [2.24, 2.45) is 0 Å². The number of aromatic nitrogens is 2. The Balaban J connectivity index is 1.64. The molecular weight excluding hydrogens is 537 g/mol. The molecule has 212 valence electrons. The van der Waals surface area contributed by atoms with E-state index in [0.29, 0.717) is 52.4 Å². The third kappa shape index (κ3) is 6.79. The van der Waals surface area contributed by atoms with E-state index in [1.807, 2.05) is 32.1 Å². The molecule has 1 atom stereocenters. The summed E-state index contributed by atoms with van der Waals surface area (Å²) in [6, 6.07) is 9.54. The number of halogens is 2. The number of likely N-dealkylation sites (N-methyl/N-ethyl adjacent to an activating group) is 2. The zero-order valence-corrected chi connectivity index (χ0v) is 23.7. The van der Waals surface area contributed by atoms with E-state index in [0.717, 1.165) is 18.8 Å². The molecule has 2 heterocycles. The Morgan fingerprint density at radius 1 is 1.23 bits per heavy atom.